The number of benzene rings is 1. The van der Waals surface area contributed by atoms with Crippen LogP contribution >= 0.6 is 0 Å². The van der Waals surface area contributed by atoms with E-state index in [2.05, 4.69) is 0 Å². The molecule has 110 valence electrons. The zero-order chi connectivity index (χ0) is 15.3. The predicted molar refractivity (Wildman–Crippen MR) is 76.3 cm³/mol. The molecule has 1 aromatic carbocycles. The molecule has 0 N–H and O–H groups in total. The van der Waals surface area contributed by atoms with Crippen LogP contribution in [0, 0.1) is 5.82 Å². The second-order valence-corrected chi connectivity index (χ2v) is 6.80. The molecule has 0 bridgehead atoms. The fraction of sp³-hybridized carbons (Fsp3) is 0.600. The molecule has 2 nitrogen and oxygen atoms in total. The molecule has 2 rings (SSSR count). The Hall–Kier alpha value is -0.935. The second-order valence-electron chi connectivity index (χ2n) is 6.80. The zero-order valence-electron chi connectivity index (χ0n) is 12.9. The Morgan fingerprint density at radius 3 is 2.00 bits per heavy atom. The highest BCUT2D eigenvalue weighted by Gasteiger charge is 2.51. The van der Waals surface area contributed by atoms with Crippen LogP contribution < -0.4 is 5.46 Å². The van der Waals surface area contributed by atoms with Crippen molar-refractivity contribution in [1.82, 2.24) is 0 Å². The summed E-state index contributed by atoms with van der Waals surface area (Å²) >= 11 is 0. The fourth-order valence-electron chi connectivity index (χ4n) is 2.12. The predicted octanol–water partition coefficient (Wildman–Crippen LogP) is 3.33. The third-order valence-electron chi connectivity index (χ3n) is 4.16. The Morgan fingerprint density at radius 2 is 1.55 bits per heavy atom. The Labute approximate surface area is 119 Å². The van der Waals surface area contributed by atoms with E-state index < -0.39 is 29.8 Å². The third kappa shape index (κ3) is 2.61. The molecule has 1 heterocycles. The summed E-state index contributed by atoms with van der Waals surface area (Å²) < 4.78 is 39.5. The van der Waals surface area contributed by atoms with Crippen LogP contribution in [-0.2, 0) is 15.0 Å². The van der Waals surface area contributed by atoms with Gasteiger partial charge in [-0.15, -0.1) is 0 Å². The Bertz CT molecular complexity index is 505. The lowest BCUT2D eigenvalue weighted by Gasteiger charge is -2.32. The van der Waals surface area contributed by atoms with Crippen molar-refractivity contribution in [3.05, 3.63) is 29.6 Å². The first-order valence-electron chi connectivity index (χ1n) is 6.78. The maximum absolute atomic E-state index is 14.0. The highest BCUT2D eigenvalue weighted by molar-refractivity contribution is 6.62. The molecular weight excluding hydrogens is 261 g/mol. The molecule has 0 atom stereocenters. The standard InChI is InChI=1S/C15H21BF2O2/c1-13(2,18)11-9-10(7-8-12(11)17)16-19-14(3,4)15(5,6)20-16/h7-9H,1-6H3. The molecule has 1 fully saturated rings. The first-order chi connectivity index (χ1) is 8.94. The lowest BCUT2D eigenvalue weighted by Crippen LogP contribution is -2.41. The molecule has 0 unspecified atom stereocenters. The number of hydrogen-bond acceptors (Lipinski definition) is 2. The molecule has 1 saturated heterocycles. The number of rotatable bonds is 2. The van der Waals surface area contributed by atoms with Gasteiger partial charge in [-0.1, -0.05) is 12.1 Å². The van der Waals surface area contributed by atoms with Gasteiger partial charge in [-0.2, -0.15) is 0 Å². The van der Waals surface area contributed by atoms with E-state index in [9.17, 15) is 8.78 Å². The summed E-state index contributed by atoms with van der Waals surface area (Å²) in [6.07, 6.45) is 0. The second kappa shape index (κ2) is 4.53. The van der Waals surface area contributed by atoms with Crippen LogP contribution in [0.4, 0.5) is 8.78 Å². The summed E-state index contributed by atoms with van der Waals surface area (Å²) in [5.74, 6) is -0.558. The SMILES string of the molecule is CC(C)(F)c1cc(B2OC(C)(C)C(C)(C)O2)ccc1F. The molecule has 5 heteroatoms. The number of hydrogen-bond donors (Lipinski definition) is 0. The quantitative estimate of drug-likeness (QED) is 0.775. The molecule has 1 aliphatic rings. The maximum atomic E-state index is 14.0. The van der Waals surface area contributed by atoms with Crippen molar-refractivity contribution >= 4 is 12.6 Å². The molecular formula is C15H21BF2O2. The van der Waals surface area contributed by atoms with E-state index in [1.807, 2.05) is 27.7 Å². The van der Waals surface area contributed by atoms with Crippen molar-refractivity contribution in [2.45, 2.75) is 58.4 Å². The van der Waals surface area contributed by atoms with Crippen molar-refractivity contribution in [3.63, 3.8) is 0 Å². The van der Waals surface area contributed by atoms with E-state index in [0.717, 1.165) is 0 Å². The van der Waals surface area contributed by atoms with Gasteiger partial charge in [0.2, 0.25) is 0 Å². The summed E-state index contributed by atoms with van der Waals surface area (Å²) in [6, 6.07) is 4.32. The van der Waals surface area contributed by atoms with Crippen molar-refractivity contribution < 1.29 is 18.1 Å². The van der Waals surface area contributed by atoms with Crippen LogP contribution in [-0.4, -0.2) is 18.3 Å². The minimum absolute atomic E-state index is 0.0183. The number of alkyl halides is 1. The van der Waals surface area contributed by atoms with Gasteiger partial charge in [0.1, 0.15) is 11.5 Å². The van der Waals surface area contributed by atoms with E-state index >= 15 is 0 Å². The van der Waals surface area contributed by atoms with Gasteiger partial charge in [0, 0.05) is 5.56 Å². The molecule has 0 radical (unpaired) electrons. The van der Waals surface area contributed by atoms with Gasteiger partial charge in [-0.25, -0.2) is 8.78 Å². The van der Waals surface area contributed by atoms with E-state index in [1.165, 1.54) is 26.0 Å². The molecule has 0 spiro atoms. The summed E-state index contributed by atoms with van der Waals surface area (Å²) in [7, 11) is -0.610. The van der Waals surface area contributed by atoms with Gasteiger partial charge in [0.05, 0.1) is 11.2 Å². The van der Waals surface area contributed by atoms with E-state index in [1.54, 1.807) is 6.07 Å². The van der Waals surface area contributed by atoms with Crippen LogP contribution in [0.15, 0.2) is 18.2 Å². The van der Waals surface area contributed by atoms with Gasteiger partial charge in [-0.3, -0.25) is 0 Å². The van der Waals surface area contributed by atoms with Gasteiger partial charge < -0.3 is 9.31 Å². The molecule has 20 heavy (non-hydrogen) atoms. The van der Waals surface area contributed by atoms with Crippen LogP contribution in [0.25, 0.3) is 0 Å². The van der Waals surface area contributed by atoms with Gasteiger partial charge in [0.25, 0.3) is 0 Å². The normalized spacial score (nSPS) is 21.3. The van der Waals surface area contributed by atoms with E-state index in [4.69, 9.17) is 9.31 Å². The van der Waals surface area contributed by atoms with Crippen LogP contribution in [0.2, 0.25) is 0 Å². The monoisotopic (exact) mass is 282 g/mol. The molecule has 0 amide bonds. The minimum Gasteiger partial charge on any atom is -0.399 e. The molecule has 1 aliphatic heterocycles. The first-order valence-corrected chi connectivity index (χ1v) is 6.78. The van der Waals surface area contributed by atoms with Gasteiger partial charge in [-0.05, 0) is 53.1 Å². The number of halogens is 2. The first kappa shape index (κ1) is 15.5. The average molecular weight is 282 g/mol. The largest absolute Gasteiger partial charge is 0.494 e. The molecule has 0 saturated carbocycles. The Morgan fingerprint density at radius 1 is 1.05 bits per heavy atom. The smallest absolute Gasteiger partial charge is 0.399 e. The van der Waals surface area contributed by atoms with Crippen LogP contribution in [0.5, 0.6) is 0 Å². The summed E-state index contributed by atoms with van der Waals surface area (Å²) in [6.45, 7) is 10.4. The fourth-order valence-corrected chi connectivity index (χ4v) is 2.12. The van der Waals surface area contributed by atoms with Crippen molar-refractivity contribution in [3.8, 4) is 0 Å². The van der Waals surface area contributed by atoms with Gasteiger partial charge >= 0.3 is 7.12 Å². The van der Waals surface area contributed by atoms with Crippen LogP contribution in [0.1, 0.15) is 47.1 Å². The lowest BCUT2D eigenvalue weighted by atomic mass is 9.77. The maximum Gasteiger partial charge on any atom is 0.494 e. The van der Waals surface area contributed by atoms with Gasteiger partial charge in [0.15, 0.2) is 0 Å². The summed E-state index contributed by atoms with van der Waals surface area (Å²) in [5.41, 5.74) is -2.05. The highest BCUT2D eigenvalue weighted by atomic mass is 19.1. The Kier molecular flexibility index (Phi) is 3.50. The lowest BCUT2D eigenvalue weighted by molar-refractivity contribution is 0.00578. The summed E-state index contributed by atoms with van der Waals surface area (Å²) in [5, 5.41) is 0. The van der Waals surface area contributed by atoms with E-state index in [-0.39, 0.29) is 5.56 Å². The Balaban J connectivity index is 2.37. The van der Waals surface area contributed by atoms with E-state index in [0.29, 0.717) is 5.46 Å². The van der Waals surface area contributed by atoms with Crippen molar-refractivity contribution in [1.29, 1.82) is 0 Å². The van der Waals surface area contributed by atoms with Crippen molar-refractivity contribution in [2.75, 3.05) is 0 Å². The molecule has 0 aliphatic carbocycles. The minimum atomic E-state index is -1.75. The van der Waals surface area contributed by atoms with Crippen molar-refractivity contribution in [2.24, 2.45) is 0 Å². The average Bonchev–Trinajstić information content (AvgIpc) is 2.47. The highest BCUT2D eigenvalue weighted by Crippen LogP contribution is 2.37. The zero-order valence-corrected chi connectivity index (χ0v) is 12.9. The molecule has 0 aromatic heterocycles. The molecule has 1 aromatic rings. The third-order valence-corrected chi connectivity index (χ3v) is 4.16. The topological polar surface area (TPSA) is 18.5 Å². The summed E-state index contributed by atoms with van der Waals surface area (Å²) in [4.78, 5) is 0. The van der Waals surface area contributed by atoms with Crippen LogP contribution in [0.3, 0.4) is 0 Å².